The van der Waals surface area contributed by atoms with Crippen LogP contribution in [-0.4, -0.2) is 14.1 Å². The summed E-state index contributed by atoms with van der Waals surface area (Å²) in [6.45, 7) is 2.22. The van der Waals surface area contributed by atoms with Crippen molar-refractivity contribution < 1.29 is 0 Å². The fourth-order valence-corrected chi connectivity index (χ4v) is 3.05. The van der Waals surface area contributed by atoms with Crippen LogP contribution in [0.5, 0.6) is 0 Å². The van der Waals surface area contributed by atoms with E-state index in [2.05, 4.69) is 74.4 Å². The first-order chi connectivity index (χ1) is 9.19. The maximum absolute atomic E-state index is 2.27. The molecule has 19 heavy (non-hydrogen) atoms. The molecule has 2 aromatic carbocycles. The van der Waals surface area contributed by atoms with E-state index in [1.54, 1.807) is 0 Å². The van der Waals surface area contributed by atoms with Gasteiger partial charge >= 0.3 is 0 Å². The van der Waals surface area contributed by atoms with Gasteiger partial charge in [-0.3, -0.25) is 0 Å². The second kappa shape index (κ2) is 6.73. The van der Waals surface area contributed by atoms with E-state index in [9.17, 15) is 0 Å². The third kappa shape index (κ3) is 4.08. The molecule has 0 aromatic heterocycles. The lowest BCUT2D eigenvalue weighted by Crippen LogP contribution is -2.10. The van der Waals surface area contributed by atoms with E-state index in [-0.39, 0.29) is 0 Å². The van der Waals surface area contributed by atoms with E-state index in [1.165, 1.54) is 34.7 Å². The molecule has 2 rings (SSSR count). The summed E-state index contributed by atoms with van der Waals surface area (Å²) >= 11 is 0. The second-order valence-electron chi connectivity index (χ2n) is 5.01. The van der Waals surface area contributed by atoms with Crippen LogP contribution < -0.4 is 15.5 Å². The highest BCUT2D eigenvalue weighted by atomic mass is 31.1. The molecule has 0 radical (unpaired) electrons. The molecule has 100 valence electrons. The Morgan fingerprint density at radius 1 is 0.842 bits per heavy atom. The molecule has 0 bridgehead atoms. The molecule has 1 nitrogen and oxygen atoms in total. The monoisotopic (exact) mass is 271 g/mol. The van der Waals surface area contributed by atoms with Gasteiger partial charge in [0.05, 0.1) is 0 Å². The van der Waals surface area contributed by atoms with Crippen molar-refractivity contribution >= 4 is 24.9 Å². The minimum atomic E-state index is 0.747. The average molecular weight is 271 g/mol. The van der Waals surface area contributed by atoms with E-state index in [0.29, 0.717) is 0 Å². The van der Waals surface area contributed by atoms with Gasteiger partial charge in [0.25, 0.3) is 0 Å². The Balaban J connectivity index is 2.04. The summed E-state index contributed by atoms with van der Waals surface area (Å²) in [6.07, 6.45) is 2.40. The largest absolute Gasteiger partial charge is 0.378 e. The Kier molecular flexibility index (Phi) is 4.99. The normalized spacial score (nSPS) is 11.1. The minimum Gasteiger partial charge on any atom is -0.378 e. The van der Waals surface area contributed by atoms with Crippen LogP contribution in [0.4, 0.5) is 5.69 Å². The van der Waals surface area contributed by atoms with Crippen LogP contribution in [0.25, 0.3) is 0 Å². The van der Waals surface area contributed by atoms with Crippen LogP contribution >= 0.6 is 8.58 Å². The van der Waals surface area contributed by atoms with Gasteiger partial charge in [-0.2, -0.15) is 0 Å². The molecule has 0 aliphatic heterocycles. The molecule has 0 fully saturated rings. The summed E-state index contributed by atoms with van der Waals surface area (Å²) < 4.78 is 0. The van der Waals surface area contributed by atoms with E-state index in [1.807, 2.05) is 0 Å². The standard InChI is InChI=1S/C17H22NP/c1-4-5-14-6-10-16(11-7-14)19-17-12-8-15(9-13-17)18(2)3/h6-13,19H,4-5H2,1-3H3. The summed E-state index contributed by atoms with van der Waals surface area (Å²) in [6, 6.07) is 17.9. The first-order valence-corrected chi connectivity index (χ1v) is 7.82. The van der Waals surface area contributed by atoms with Crippen molar-refractivity contribution in [3.8, 4) is 0 Å². The lowest BCUT2D eigenvalue weighted by atomic mass is 10.1. The molecule has 0 aliphatic rings. The topological polar surface area (TPSA) is 3.24 Å². The molecule has 2 heteroatoms. The van der Waals surface area contributed by atoms with Crippen molar-refractivity contribution in [1.29, 1.82) is 0 Å². The minimum absolute atomic E-state index is 0.747. The van der Waals surface area contributed by atoms with Gasteiger partial charge in [0.15, 0.2) is 0 Å². The summed E-state index contributed by atoms with van der Waals surface area (Å²) in [7, 11) is 4.89. The third-order valence-corrected chi connectivity index (χ3v) is 4.41. The number of rotatable bonds is 5. The van der Waals surface area contributed by atoms with E-state index >= 15 is 0 Å². The molecule has 0 heterocycles. The zero-order valence-electron chi connectivity index (χ0n) is 12.0. The average Bonchev–Trinajstić information content (AvgIpc) is 2.42. The first kappa shape index (κ1) is 14.1. The van der Waals surface area contributed by atoms with Gasteiger partial charge in [-0.1, -0.05) is 58.3 Å². The van der Waals surface area contributed by atoms with Gasteiger partial charge in [-0.05, 0) is 34.7 Å². The maximum Gasteiger partial charge on any atom is 0.0361 e. The van der Waals surface area contributed by atoms with E-state index in [4.69, 9.17) is 0 Å². The molecule has 0 amide bonds. The van der Waals surface area contributed by atoms with E-state index < -0.39 is 0 Å². The number of hydrogen-bond acceptors (Lipinski definition) is 1. The zero-order valence-corrected chi connectivity index (χ0v) is 13.0. The summed E-state index contributed by atoms with van der Waals surface area (Å²) in [5.41, 5.74) is 2.70. The first-order valence-electron chi connectivity index (χ1n) is 6.82. The Bertz CT molecular complexity index is 500. The van der Waals surface area contributed by atoms with Crippen molar-refractivity contribution in [2.75, 3.05) is 19.0 Å². The summed E-state index contributed by atoms with van der Waals surface area (Å²) in [4.78, 5) is 2.13. The number of benzene rings is 2. The SMILES string of the molecule is CCCc1ccc(Pc2ccc(N(C)C)cc2)cc1. The quantitative estimate of drug-likeness (QED) is 0.754. The Hall–Kier alpha value is -1.33. The smallest absolute Gasteiger partial charge is 0.0361 e. The van der Waals surface area contributed by atoms with Crippen LogP contribution in [0.3, 0.4) is 0 Å². The molecular weight excluding hydrogens is 249 g/mol. The zero-order chi connectivity index (χ0) is 13.7. The van der Waals surface area contributed by atoms with E-state index in [0.717, 1.165) is 8.58 Å². The molecule has 1 unspecified atom stereocenters. The predicted molar refractivity (Wildman–Crippen MR) is 88.8 cm³/mol. The van der Waals surface area contributed by atoms with Gasteiger partial charge < -0.3 is 4.90 Å². The maximum atomic E-state index is 2.27. The van der Waals surface area contributed by atoms with Crippen LogP contribution in [0.2, 0.25) is 0 Å². The Labute approximate surface area is 118 Å². The fraction of sp³-hybridized carbons (Fsp3) is 0.294. The highest BCUT2D eigenvalue weighted by molar-refractivity contribution is 7.55. The number of nitrogens with zero attached hydrogens (tertiary/aromatic N) is 1. The van der Waals surface area contributed by atoms with Gasteiger partial charge in [0.1, 0.15) is 0 Å². The van der Waals surface area contributed by atoms with Gasteiger partial charge in [-0.25, -0.2) is 0 Å². The molecule has 0 N–H and O–H groups in total. The van der Waals surface area contributed by atoms with Gasteiger partial charge in [-0.15, -0.1) is 0 Å². The van der Waals surface area contributed by atoms with Crippen molar-refractivity contribution in [3.63, 3.8) is 0 Å². The van der Waals surface area contributed by atoms with Crippen LogP contribution in [-0.2, 0) is 6.42 Å². The molecule has 1 atom stereocenters. The molecule has 0 spiro atoms. The Morgan fingerprint density at radius 3 is 1.84 bits per heavy atom. The fourth-order valence-electron chi connectivity index (χ4n) is 2.05. The number of anilines is 1. The number of aryl methyl sites for hydroxylation is 1. The van der Waals surface area contributed by atoms with Crippen LogP contribution in [0.15, 0.2) is 48.5 Å². The van der Waals surface area contributed by atoms with Crippen molar-refractivity contribution in [3.05, 3.63) is 54.1 Å². The van der Waals surface area contributed by atoms with Crippen molar-refractivity contribution in [1.82, 2.24) is 0 Å². The van der Waals surface area contributed by atoms with Gasteiger partial charge in [0.2, 0.25) is 0 Å². The Morgan fingerprint density at radius 2 is 1.37 bits per heavy atom. The summed E-state index contributed by atoms with van der Waals surface area (Å²) in [5.74, 6) is 0. The van der Waals surface area contributed by atoms with Crippen molar-refractivity contribution in [2.24, 2.45) is 0 Å². The lowest BCUT2D eigenvalue weighted by Gasteiger charge is -2.12. The number of hydrogen-bond donors (Lipinski definition) is 0. The predicted octanol–water partition coefficient (Wildman–Crippen LogP) is 3.33. The molecule has 0 aliphatic carbocycles. The highest BCUT2D eigenvalue weighted by Gasteiger charge is 1.99. The van der Waals surface area contributed by atoms with Crippen LogP contribution in [0.1, 0.15) is 18.9 Å². The van der Waals surface area contributed by atoms with Crippen LogP contribution in [0, 0.1) is 0 Å². The third-order valence-electron chi connectivity index (χ3n) is 3.16. The molecule has 0 saturated heterocycles. The molecule has 2 aromatic rings. The molecule has 0 saturated carbocycles. The summed E-state index contributed by atoms with van der Waals surface area (Å²) in [5, 5.41) is 2.81. The van der Waals surface area contributed by atoms with Crippen molar-refractivity contribution in [2.45, 2.75) is 19.8 Å². The lowest BCUT2D eigenvalue weighted by molar-refractivity contribution is 0.922. The second-order valence-corrected chi connectivity index (χ2v) is 6.42. The molecular formula is C17H22NP. The van der Waals surface area contributed by atoms with Gasteiger partial charge in [0, 0.05) is 19.8 Å². The highest BCUT2D eigenvalue weighted by Crippen LogP contribution is 2.15.